The van der Waals surface area contributed by atoms with Gasteiger partial charge in [0.25, 0.3) is 5.69 Å². The topological polar surface area (TPSA) is 163 Å². The molecule has 1 aliphatic rings. The van der Waals surface area contributed by atoms with Gasteiger partial charge in [-0.15, -0.1) is 0 Å². The fourth-order valence-corrected chi connectivity index (χ4v) is 3.25. The Kier molecular flexibility index (Phi) is 6.59. The number of allylic oxidation sites excluding steroid dienone is 2. The predicted octanol–water partition coefficient (Wildman–Crippen LogP) is 1.34. The smallest absolute Gasteiger partial charge is 0.355 e. The Bertz CT molecular complexity index is 1100. The molecular weight excluding hydrogens is 424 g/mol. The zero-order valence-corrected chi connectivity index (χ0v) is 16.7. The van der Waals surface area contributed by atoms with Crippen LogP contribution in [0.2, 0.25) is 0 Å². The van der Waals surface area contributed by atoms with E-state index in [0.29, 0.717) is 0 Å². The monoisotopic (exact) mass is 440 g/mol. The van der Waals surface area contributed by atoms with E-state index < -0.39 is 37.6 Å². The third-order valence-corrected chi connectivity index (χ3v) is 4.77. The van der Waals surface area contributed by atoms with Crippen LogP contribution < -0.4 is 9.64 Å². The lowest BCUT2D eigenvalue weighted by Crippen LogP contribution is -2.27. The molecule has 0 unspecified atom stereocenters. The number of nitrogens with zero attached hydrogens (tertiary/aromatic N) is 2. The van der Waals surface area contributed by atoms with Crippen LogP contribution in [0.3, 0.4) is 0 Å². The number of ether oxygens (including phenoxy) is 3. The van der Waals surface area contributed by atoms with Crippen molar-refractivity contribution < 1.29 is 41.7 Å². The fourth-order valence-electron chi connectivity index (χ4n) is 2.59. The molecule has 13 heteroatoms. The first-order valence-corrected chi connectivity index (χ1v) is 9.39. The summed E-state index contributed by atoms with van der Waals surface area (Å²) < 4.78 is 47.4. The molecule has 0 atom stereocenters. The Morgan fingerprint density at radius 2 is 1.73 bits per heavy atom. The van der Waals surface area contributed by atoms with Crippen molar-refractivity contribution in [3.05, 3.63) is 57.9 Å². The van der Waals surface area contributed by atoms with Crippen LogP contribution in [0, 0.1) is 10.1 Å². The summed E-state index contributed by atoms with van der Waals surface area (Å²) in [5.41, 5.74) is -1.80. The standard InChI is InChI=1S/C17H16N2O10S/c1-27-13-8-12(19(22)23)14(30(24,25)26)9-11(13)18-7-5-4-6-10(16(20)28-2)15(18)17(21)29-3/h4-9H,1-3H3,(H,24,25,26). The van der Waals surface area contributed by atoms with Gasteiger partial charge in [0.15, 0.2) is 4.90 Å². The molecule has 0 saturated carbocycles. The summed E-state index contributed by atoms with van der Waals surface area (Å²) in [6.07, 6.45) is 5.32. The van der Waals surface area contributed by atoms with Crippen molar-refractivity contribution in [1.82, 2.24) is 0 Å². The van der Waals surface area contributed by atoms with Crippen molar-refractivity contribution in [2.75, 3.05) is 26.2 Å². The summed E-state index contributed by atoms with van der Waals surface area (Å²) in [6, 6.07) is 1.50. The predicted molar refractivity (Wildman–Crippen MR) is 101 cm³/mol. The Labute approximate surface area is 170 Å². The van der Waals surface area contributed by atoms with Gasteiger partial charge in [0.2, 0.25) is 0 Å². The molecule has 0 saturated heterocycles. The van der Waals surface area contributed by atoms with E-state index in [4.69, 9.17) is 9.47 Å². The van der Waals surface area contributed by atoms with Crippen LogP contribution >= 0.6 is 0 Å². The maximum atomic E-state index is 12.5. The van der Waals surface area contributed by atoms with Gasteiger partial charge in [-0.1, -0.05) is 6.08 Å². The molecule has 0 aliphatic carbocycles. The molecule has 0 fully saturated rings. The molecule has 1 heterocycles. The minimum absolute atomic E-state index is 0.211. The first-order valence-electron chi connectivity index (χ1n) is 7.95. The van der Waals surface area contributed by atoms with Crippen LogP contribution in [-0.4, -0.2) is 51.2 Å². The number of benzene rings is 1. The molecule has 1 N–H and O–H groups in total. The number of hydrogen-bond acceptors (Lipinski definition) is 10. The van der Waals surface area contributed by atoms with E-state index in [1.165, 1.54) is 24.4 Å². The molecule has 1 aliphatic heterocycles. The van der Waals surface area contributed by atoms with Gasteiger partial charge in [0.05, 0.1) is 43.6 Å². The normalized spacial score (nSPS) is 13.7. The number of nitro benzene ring substituents is 1. The van der Waals surface area contributed by atoms with E-state index >= 15 is 0 Å². The lowest BCUT2D eigenvalue weighted by molar-refractivity contribution is -0.387. The molecule has 160 valence electrons. The summed E-state index contributed by atoms with van der Waals surface area (Å²) in [5.74, 6) is -2.14. The molecule has 1 aromatic carbocycles. The highest BCUT2D eigenvalue weighted by Crippen LogP contribution is 2.40. The van der Waals surface area contributed by atoms with E-state index in [1.807, 2.05) is 0 Å². The molecule has 0 bridgehead atoms. The number of carbonyl (C=O) groups excluding carboxylic acids is 2. The van der Waals surface area contributed by atoms with E-state index in [-0.39, 0.29) is 22.7 Å². The van der Waals surface area contributed by atoms with Crippen molar-refractivity contribution in [1.29, 1.82) is 0 Å². The van der Waals surface area contributed by atoms with Crippen LogP contribution in [0.15, 0.2) is 52.7 Å². The van der Waals surface area contributed by atoms with E-state index in [0.717, 1.165) is 38.4 Å². The minimum Gasteiger partial charge on any atom is -0.494 e. The second-order valence-corrected chi connectivity index (χ2v) is 6.93. The van der Waals surface area contributed by atoms with Crippen LogP contribution in [0.4, 0.5) is 11.4 Å². The van der Waals surface area contributed by atoms with Gasteiger partial charge in [0, 0.05) is 6.20 Å². The summed E-state index contributed by atoms with van der Waals surface area (Å²) in [7, 11) is -1.75. The lowest BCUT2D eigenvalue weighted by Gasteiger charge is -2.25. The van der Waals surface area contributed by atoms with Gasteiger partial charge in [-0.3, -0.25) is 14.7 Å². The van der Waals surface area contributed by atoms with Gasteiger partial charge < -0.3 is 19.1 Å². The summed E-state index contributed by atoms with van der Waals surface area (Å²) in [5, 5.41) is 11.3. The second-order valence-electron chi connectivity index (χ2n) is 5.54. The van der Waals surface area contributed by atoms with Crippen molar-refractivity contribution in [2.24, 2.45) is 0 Å². The van der Waals surface area contributed by atoms with Gasteiger partial charge in [0.1, 0.15) is 11.4 Å². The maximum Gasteiger partial charge on any atom is 0.355 e. The number of anilines is 1. The van der Waals surface area contributed by atoms with Crippen molar-refractivity contribution in [2.45, 2.75) is 4.90 Å². The van der Waals surface area contributed by atoms with Gasteiger partial charge in [-0.05, 0) is 18.2 Å². The number of rotatable bonds is 6. The zero-order valence-electron chi connectivity index (χ0n) is 15.9. The van der Waals surface area contributed by atoms with E-state index in [2.05, 4.69) is 4.74 Å². The number of esters is 2. The molecule has 30 heavy (non-hydrogen) atoms. The molecule has 12 nitrogen and oxygen atoms in total. The number of hydrogen-bond donors (Lipinski definition) is 1. The van der Waals surface area contributed by atoms with E-state index in [1.54, 1.807) is 0 Å². The van der Waals surface area contributed by atoms with Crippen LogP contribution in [0.5, 0.6) is 5.75 Å². The average molecular weight is 440 g/mol. The van der Waals surface area contributed by atoms with Crippen molar-refractivity contribution in [3.63, 3.8) is 0 Å². The third kappa shape index (κ3) is 4.31. The Hall–Kier alpha value is -3.71. The summed E-state index contributed by atoms with van der Waals surface area (Å²) in [4.78, 5) is 34.9. The fraction of sp³-hybridized carbons (Fsp3) is 0.176. The summed E-state index contributed by atoms with van der Waals surface area (Å²) >= 11 is 0. The number of nitro groups is 1. The molecular formula is C17H16N2O10S. The van der Waals surface area contributed by atoms with Crippen LogP contribution in [-0.2, 0) is 29.2 Å². The highest BCUT2D eigenvalue weighted by Gasteiger charge is 2.33. The Balaban J connectivity index is 2.93. The third-order valence-electron chi connectivity index (χ3n) is 3.88. The molecule has 1 aromatic rings. The number of carbonyl (C=O) groups is 2. The summed E-state index contributed by atoms with van der Waals surface area (Å²) in [6.45, 7) is 0. The first-order chi connectivity index (χ1) is 14.1. The Morgan fingerprint density at radius 3 is 2.23 bits per heavy atom. The van der Waals surface area contributed by atoms with Crippen LogP contribution in [0.25, 0.3) is 0 Å². The maximum absolute atomic E-state index is 12.5. The number of methoxy groups -OCH3 is 3. The molecule has 0 amide bonds. The zero-order chi connectivity index (χ0) is 22.6. The van der Waals surface area contributed by atoms with Crippen molar-refractivity contribution in [3.8, 4) is 5.75 Å². The quantitative estimate of drug-likeness (QED) is 0.294. The minimum atomic E-state index is -5.04. The molecule has 0 radical (unpaired) electrons. The van der Waals surface area contributed by atoms with Gasteiger partial charge in [-0.25, -0.2) is 9.59 Å². The molecule has 0 aromatic heterocycles. The highest BCUT2D eigenvalue weighted by atomic mass is 32.2. The van der Waals surface area contributed by atoms with Crippen molar-refractivity contribution >= 4 is 33.4 Å². The average Bonchev–Trinajstić information content (AvgIpc) is 2.93. The molecule has 0 spiro atoms. The Morgan fingerprint density at radius 1 is 1.10 bits per heavy atom. The van der Waals surface area contributed by atoms with Crippen LogP contribution in [0.1, 0.15) is 0 Å². The largest absolute Gasteiger partial charge is 0.494 e. The van der Waals surface area contributed by atoms with E-state index in [9.17, 15) is 32.7 Å². The van der Waals surface area contributed by atoms with Gasteiger partial charge >= 0.3 is 22.1 Å². The second kappa shape index (κ2) is 8.75. The van der Waals surface area contributed by atoms with Gasteiger partial charge in [-0.2, -0.15) is 8.42 Å². The first kappa shape index (κ1) is 22.6. The molecule has 2 rings (SSSR count). The lowest BCUT2D eigenvalue weighted by atomic mass is 10.1. The highest BCUT2D eigenvalue weighted by molar-refractivity contribution is 7.86. The SMILES string of the molecule is COC(=O)C1=C(C(=O)OC)N(c2cc(S(=O)(=O)O)c([N+](=O)[O-])cc2OC)C=CC=C1.